The van der Waals surface area contributed by atoms with Crippen molar-refractivity contribution in [1.29, 1.82) is 0 Å². The maximum atomic E-state index is 12.2. The van der Waals surface area contributed by atoms with Crippen LogP contribution in [0.4, 0.5) is 16.2 Å². The van der Waals surface area contributed by atoms with Crippen LogP contribution in [0, 0.1) is 10.1 Å². The average molecular weight is 309 g/mol. The van der Waals surface area contributed by atoms with Crippen molar-refractivity contribution in [2.45, 2.75) is 6.92 Å². The number of hydrogen-bond acceptors (Lipinski definition) is 6. The predicted octanol–water partition coefficient (Wildman–Crippen LogP) is 1.07. The van der Waals surface area contributed by atoms with Crippen molar-refractivity contribution >= 4 is 23.4 Å². The van der Waals surface area contributed by atoms with Crippen molar-refractivity contribution in [3.05, 3.63) is 28.3 Å². The fourth-order valence-corrected chi connectivity index (χ4v) is 2.01. The summed E-state index contributed by atoms with van der Waals surface area (Å²) >= 11 is 0. The number of benzene rings is 1. The van der Waals surface area contributed by atoms with Gasteiger partial charge >= 0.3 is 6.09 Å². The molecule has 0 radical (unpaired) electrons. The Kier molecular flexibility index (Phi) is 4.77. The summed E-state index contributed by atoms with van der Waals surface area (Å²) < 4.78 is 10.0. The van der Waals surface area contributed by atoms with Crippen LogP contribution in [0.25, 0.3) is 0 Å². The number of amides is 2. The van der Waals surface area contributed by atoms with Gasteiger partial charge in [-0.1, -0.05) is 0 Å². The molecule has 2 rings (SSSR count). The molecule has 0 spiro atoms. The summed E-state index contributed by atoms with van der Waals surface area (Å²) in [6.45, 7) is 2.17. The molecule has 0 aliphatic carbocycles. The monoisotopic (exact) mass is 309 g/mol. The second-order valence-corrected chi connectivity index (χ2v) is 4.38. The van der Waals surface area contributed by atoms with Crippen molar-refractivity contribution in [1.82, 2.24) is 5.32 Å². The lowest BCUT2D eigenvalue weighted by molar-refractivity contribution is -0.384. The van der Waals surface area contributed by atoms with Gasteiger partial charge in [-0.05, 0) is 13.0 Å². The molecule has 1 N–H and O–H groups in total. The number of carbonyl (C=O) groups excluding carboxylic acids is 2. The van der Waals surface area contributed by atoms with Gasteiger partial charge in [-0.3, -0.25) is 14.9 Å². The van der Waals surface area contributed by atoms with Crippen molar-refractivity contribution in [2.24, 2.45) is 0 Å². The zero-order chi connectivity index (χ0) is 16.1. The molecule has 0 aromatic heterocycles. The quantitative estimate of drug-likeness (QED) is 0.657. The lowest BCUT2D eigenvalue weighted by Gasteiger charge is -2.29. The van der Waals surface area contributed by atoms with Crippen LogP contribution in [-0.2, 0) is 9.53 Å². The Hall–Kier alpha value is -2.84. The minimum absolute atomic E-state index is 0.113. The Morgan fingerprint density at radius 1 is 1.50 bits per heavy atom. The van der Waals surface area contributed by atoms with E-state index in [2.05, 4.69) is 10.1 Å². The molecule has 118 valence electrons. The Morgan fingerprint density at radius 2 is 2.27 bits per heavy atom. The molecule has 9 heteroatoms. The van der Waals surface area contributed by atoms with Crippen LogP contribution < -0.4 is 15.0 Å². The first-order valence-corrected chi connectivity index (χ1v) is 6.65. The lowest BCUT2D eigenvalue weighted by Crippen LogP contribution is -2.44. The number of nitro benzene ring substituents is 1. The van der Waals surface area contributed by atoms with Crippen LogP contribution in [0.3, 0.4) is 0 Å². The molecular formula is C13H15N3O6. The van der Waals surface area contributed by atoms with Crippen molar-refractivity contribution < 1.29 is 24.0 Å². The summed E-state index contributed by atoms with van der Waals surface area (Å²) in [5.74, 6) is -0.0867. The number of carbonyl (C=O) groups is 2. The van der Waals surface area contributed by atoms with Gasteiger partial charge in [-0.15, -0.1) is 0 Å². The third-order valence-electron chi connectivity index (χ3n) is 2.98. The average Bonchev–Trinajstić information content (AvgIpc) is 2.51. The number of alkyl carbamates (subject to hydrolysis) is 1. The number of fused-ring (bicyclic) bond motifs is 1. The van der Waals surface area contributed by atoms with Crippen LogP contribution in [0.1, 0.15) is 6.92 Å². The Morgan fingerprint density at radius 3 is 2.95 bits per heavy atom. The van der Waals surface area contributed by atoms with Crippen LogP contribution >= 0.6 is 0 Å². The van der Waals surface area contributed by atoms with Crippen molar-refractivity contribution in [2.75, 3.05) is 31.2 Å². The highest BCUT2D eigenvalue weighted by Crippen LogP contribution is 2.34. The molecular weight excluding hydrogens is 294 g/mol. The molecule has 0 fully saturated rings. The molecule has 0 unspecified atom stereocenters. The Labute approximate surface area is 125 Å². The number of anilines is 1. The van der Waals surface area contributed by atoms with Crippen LogP contribution in [0.15, 0.2) is 18.2 Å². The third kappa shape index (κ3) is 3.43. The fraction of sp³-hybridized carbons (Fsp3) is 0.385. The van der Waals surface area contributed by atoms with Gasteiger partial charge in [0.25, 0.3) is 5.69 Å². The van der Waals surface area contributed by atoms with Gasteiger partial charge in [0, 0.05) is 6.07 Å². The molecule has 1 aliphatic rings. The predicted molar refractivity (Wildman–Crippen MR) is 76.0 cm³/mol. The van der Waals surface area contributed by atoms with E-state index >= 15 is 0 Å². The summed E-state index contributed by atoms with van der Waals surface area (Å²) in [7, 11) is 0. The van der Waals surface area contributed by atoms with Crippen molar-refractivity contribution in [3.8, 4) is 5.75 Å². The minimum atomic E-state index is -0.673. The fourth-order valence-electron chi connectivity index (χ4n) is 2.01. The first kappa shape index (κ1) is 15.5. The number of nitrogens with zero attached hydrogens (tertiary/aromatic N) is 2. The highest BCUT2D eigenvalue weighted by molar-refractivity contribution is 5.98. The van der Waals surface area contributed by atoms with Gasteiger partial charge in [0.2, 0.25) is 5.91 Å². The van der Waals surface area contributed by atoms with Gasteiger partial charge < -0.3 is 19.7 Å². The number of rotatable bonds is 4. The lowest BCUT2D eigenvalue weighted by atomic mass is 10.2. The van der Waals surface area contributed by atoms with E-state index in [1.165, 1.54) is 23.1 Å². The van der Waals surface area contributed by atoms with E-state index in [-0.39, 0.29) is 37.1 Å². The number of hydrogen-bond donors (Lipinski definition) is 1. The Balaban J connectivity index is 2.09. The molecule has 0 saturated carbocycles. The number of nitro groups is 1. The van der Waals surface area contributed by atoms with E-state index in [0.717, 1.165) is 0 Å². The SMILES string of the molecule is CCOC(=O)NCC(=O)N1CCOc2cc([N+](=O)[O-])ccc21. The maximum absolute atomic E-state index is 12.2. The molecule has 22 heavy (non-hydrogen) atoms. The van der Waals surface area contributed by atoms with E-state index in [9.17, 15) is 19.7 Å². The Bertz CT molecular complexity index is 603. The zero-order valence-corrected chi connectivity index (χ0v) is 11.9. The standard InChI is InChI=1S/C13H15N3O6/c1-2-21-13(18)14-8-12(17)15-5-6-22-11-7-9(16(19)20)3-4-10(11)15/h3-4,7H,2,5-6,8H2,1H3,(H,14,18). The molecule has 1 aromatic carbocycles. The topological polar surface area (TPSA) is 111 Å². The second kappa shape index (κ2) is 6.74. The first-order valence-electron chi connectivity index (χ1n) is 6.65. The molecule has 0 atom stereocenters. The first-order chi connectivity index (χ1) is 10.5. The molecule has 0 bridgehead atoms. The van der Waals surface area contributed by atoms with Gasteiger partial charge in [-0.2, -0.15) is 0 Å². The summed E-state index contributed by atoms with van der Waals surface area (Å²) in [5.41, 5.74) is 0.324. The molecule has 9 nitrogen and oxygen atoms in total. The second-order valence-electron chi connectivity index (χ2n) is 4.38. The third-order valence-corrected chi connectivity index (χ3v) is 2.98. The van der Waals surface area contributed by atoms with E-state index in [1.807, 2.05) is 0 Å². The minimum Gasteiger partial charge on any atom is -0.489 e. The van der Waals surface area contributed by atoms with Gasteiger partial charge in [0.05, 0.1) is 29.8 Å². The van der Waals surface area contributed by atoms with E-state index < -0.39 is 11.0 Å². The van der Waals surface area contributed by atoms with Crippen molar-refractivity contribution in [3.63, 3.8) is 0 Å². The maximum Gasteiger partial charge on any atom is 0.407 e. The van der Waals surface area contributed by atoms with E-state index in [4.69, 9.17) is 4.74 Å². The summed E-state index contributed by atoms with van der Waals surface area (Å²) in [6.07, 6.45) is -0.673. The summed E-state index contributed by atoms with van der Waals surface area (Å²) in [4.78, 5) is 35.0. The van der Waals surface area contributed by atoms with Crippen LogP contribution in [0.2, 0.25) is 0 Å². The molecule has 1 aromatic rings. The van der Waals surface area contributed by atoms with E-state index in [0.29, 0.717) is 12.2 Å². The highest BCUT2D eigenvalue weighted by atomic mass is 16.6. The molecule has 2 amide bonds. The molecule has 0 saturated heterocycles. The highest BCUT2D eigenvalue weighted by Gasteiger charge is 2.25. The number of non-ortho nitro benzene ring substituents is 1. The molecule has 1 heterocycles. The van der Waals surface area contributed by atoms with Crippen LogP contribution in [0.5, 0.6) is 5.75 Å². The number of nitrogens with one attached hydrogen (secondary N) is 1. The smallest absolute Gasteiger partial charge is 0.407 e. The van der Waals surface area contributed by atoms with Gasteiger partial charge in [0.1, 0.15) is 18.9 Å². The zero-order valence-electron chi connectivity index (χ0n) is 11.9. The van der Waals surface area contributed by atoms with Crippen LogP contribution in [-0.4, -0.2) is 43.2 Å². The number of ether oxygens (including phenoxy) is 2. The van der Waals surface area contributed by atoms with Gasteiger partial charge in [-0.25, -0.2) is 4.79 Å². The summed E-state index contributed by atoms with van der Waals surface area (Å²) in [6, 6.07) is 4.02. The summed E-state index contributed by atoms with van der Waals surface area (Å²) in [5, 5.41) is 13.1. The van der Waals surface area contributed by atoms with E-state index in [1.54, 1.807) is 6.92 Å². The molecule has 1 aliphatic heterocycles. The largest absolute Gasteiger partial charge is 0.489 e. The normalized spacial score (nSPS) is 12.9. The van der Waals surface area contributed by atoms with Gasteiger partial charge in [0.15, 0.2) is 0 Å².